The number of nitrogens with one attached hydrogen (secondary N) is 1. The Bertz CT molecular complexity index is 1240. The van der Waals surface area contributed by atoms with Crippen molar-refractivity contribution in [2.45, 2.75) is 39.3 Å². The van der Waals surface area contributed by atoms with Crippen LogP contribution in [0.1, 0.15) is 36.0 Å². The summed E-state index contributed by atoms with van der Waals surface area (Å²) in [6.45, 7) is 5.32. The fourth-order valence-corrected chi connectivity index (χ4v) is 5.57. The molecule has 2 aliphatic rings. The molecular formula is C29H34N4O4. The molecule has 1 N–H and O–H groups in total. The molecule has 1 spiro atoms. The summed E-state index contributed by atoms with van der Waals surface area (Å²) in [7, 11) is 3.18. The average molecular weight is 503 g/mol. The van der Waals surface area contributed by atoms with Crippen LogP contribution in [0.4, 0.5) is 0 Å². The highest BCUT2D eigenvalue weighted by Crippen LogP contribution is 2.38. The smallest absolute Gasteiger partial charge is 0.323 e. The molecule has 194 valence electrons. The second kappa shape index (κ2) is 10.8. The van der Waals surface area contributed by atoms with Gasteiger partial charge in [0.05, 0.1) is 25.2 Å². The van der Waals surface area contributed by atoms with Gasteiger partial charge in [-0.3, -0.25) is 9.69 Å². The molecule has 1 aromatic heterocycles. The van der Waals surface area contributed by atoms with Crippen molar-refractivity contribution < 1.29 is 19.0 Å². The number of likely N-dealkylation sites (tertiary alicyclic amines) is 1. The summed E-state index contributed by atoms with van der Waals surface area (Å²) >= 11 is 0. The van der Waals surface area contributed by atoms with Crippen molar-refractivity contribution in [1.82, 2.24) is 20.2 Å². The number of piperidine rings is 1. The number of hydrogen-bond acceptors (Lipinski definition) is 7. The number of carbonyl (C=O) groups is 1. The van der Waals surface area contributed by atoms with Gasteiger partial charge < -0.3 is 19.5 Å². The van der Waals surface area contributed by atoms with Gasteiger partial charge in [0.25, 0.3) is 0 Å². The number of carbonyl (C=O) groups excluding carboxylic acids is 1. The molecule has 0 aliphatic carbocycles. The molecule has 8 nitrogen and oxygen atoms in total. The molecule has 1 amide bonds. The van der Waals surface area contributed by atoms with Crippen molar-refractivity contribution in [2.75, 3.05) is 33.9 Å². The zero-order valence-electron chi connectivity index (χ0n) is 21.8. The van der Waals surface area contributed by atoms with E-state index in [0.717, 1.165) is 49.0 Å². The topological polar surface area (TPSA) is 85.8 Å². The van der Waals surface area contributed by atoms with Crippen LogP contribution in [0.5, 0.6) is 17.8 Å². The molecule has 2 saturated heterocycles. The van der Waals surface area contributed by atoms with Crippen LogP contribution < -0.4 is 19.5 Å². The van der Waals surface area contributed by atoms with E-state index in [4.69, 9.17) is 14.2 Å². The van der Waals surface area contributed by atoms with Crippen LogP contribution in [-0.2, 0) is 17.9 Å². The normalized spacial score (nSPS) is 19.6. The maximum atomic E-state index is 12.5. The van der Waals surface area contributed by atoms with Gasteiger partial charge in [-0.2, -0.15) is 9.97 Å². The molecule has 1 unspecified atom stereocenters. The van der Waals surface area contributed by atoms with E-state index in [1.165, 1.54) is 11.1 Å². The van der Waals surface area contributed by atoms with Crippen LogP contribution in [0, 0.1) is 12.3 Å². The Kier molecular flexibility index (Phi) is 7.28. The Morgan fingerprint density at radius 2 is 1.76 bits per heavy atom. The molecule has 0 radical (unpaired) electrons. The number of hydrogen-bond donors (Lipinski definition) is 1. The third kappa shape index (κ3) is 5.11. The summed E-state index contributed by atoms with van der Waals surface area (Å²) in [5, 5.41) is 3.00. The first-order valence-electron chi connectivity index (χ1n) is 12.8. The molecule has 2 fully saturated rings. The van der Waals surface area contributed by atoms with Crippen molar-refractivity contribution >= 4 is 5.91 Å². The zero-order valence-corrected chi connectivity index (χ0v) is 21.8. The van der Waals surface area contributed by atoms with E-state index in [1.54, 1.807) is 14.2 Å². The third-order valence-electron chi connectivity index (χ3n) is 7.59. The summed E-state index contributed by atoms with van der Waals surface area (Å²) in [4.78, 5) is 23.9. The molecule has 37 heavy (non-hydrogen) atoms. The van der Waals surface area contributed by atoms with Crippen LogP contribution in [0.2, 0.25) is 0 Å². The first kappa shape index (κ1) is 25.0. The predicted molar refractivity (Wildman–Crippen MR) is 141 cm³/mol. The highest BCUT2D eigenvalue weighted by atomic mass is 16.5. The van der Waals surface area contributed by atoms with Crippen LogP contribution in [0.15, 0.2) is 48.5 Å². The highest BCUT2D eigenvalue weighted by Gasteiger charge is 2.45. The molecule has 2 aromatic carbocycles. The summed E-state index contributed by atoms with van der Waals surface area (Å²) in [5.41, 5.74) is 5.01. The van der Waals surface area contributed by atoms with Crippen molar-refractivity contribution in [2.24, 2.45) is 5.41 Å². The molecule has 3 aromatic rings. The van der Waals surface area contributed by atoms with Crippen molar-refractivity contribution in [1.29, 1.82) is 0 Å². The van der Waals surface area contributed by atoms with Gasteiger partial charge in [-0.05, 0) is 55.0 Å². The Morgan fingerprint density at radius 3 is 2.43 bits per heavy atom. The van der Waals surface area contributed by atoms with Crippen LogP contribution in [0.3, 0.4) is 0 Å². The lowest BCUT2D eigenvalue weighted by Gasteiger charge is -2.38. The van der Waals surface area contributed by atoms with Gasteiger partial charge >= 0.3 is 6.01 Å². The SMILES string of the molecule is COc1nc(OCc2cccc(-c3ccccc3)c2C)nc(OC)c1CN1CCCC2(CCNC2=O)C1. The fourth-order valence-electron chi connectivity index (χ4n) is 5.57. The standard InChI is InChI=1S/C29H34N4O4/c1-20-22(11-7-12-23(20)21-9-5-4-6-10-21)18-37-28-31-25(35-2)24(26(32-28)36-3)17-33-16-8-13-29(19-33)14-15-30-27(29)34/h4-7,9-12H,8,13-19H2,1-3H3,(H,30,34). The number of benzene rings is 2. The van der Waals surface area contributed by atoms with E-state index >= 15 is 0 Å². The summed E-state index contributed by atoms with van der Waals surface area (Å²) in [5.74, 6) is 1.02. The number of rotatable bonds is 8. The second-order valence-electron chi connectivity index (χ2n) is 9.85. The van der Waals surface area contributed by atoms with Crippen molar-refractivity contribution in [3.63, 3.8) is 0 Å². The first-order valence-corrected chi connectivity index (χ1v) is 12.8. The summed E-state index contributed by atoms with van der Waals surface area (Å²) in [6.07, 6.45) is 2.78. The monoisotopic (exact) mass is 502 g/mol. The molecular weight excluding hydrogens is 468 g/mol. The van der Waals surface area contributed by atoms with Crippen LogP contribution in [-0.4, -0.2) is 54.6 Å². The van der Waals surface area contributed by atoms with Crippen LogP contribution in [0.25, 0.3) is 11.1 Å². The highest BCUT2D eigenvalue weighted by molar-refractivity contribution is 5.85. The van der Waals surface area contributed by atoms with Gasteiger partial charge in [-0.1, -0.05) is 48.5 Å². The van der Waals surface area contributed by atoms with Gasteiger partial charge in [0.1, 0.15) is 6.61 Å². The molecule has 0 saturated carbocycles. The van der Waals surface area contributed by atoms with E-state index in [0.29, 0.717) is 31.5 Å². The second-order valence-corrected chi connectivity index (χ2v) is 9.85. The Morgan fingerprint density at radius 1 is 1.00 bits per heavy atom. The van der Waals surface area contributed by atoms with Crippen LogP contribution >= 0.6 is 0 Å². The number of amides is 1. The Balaban J connectivity index is 1.34. The number of aromatic nitrogens is 2. The molecule has 2 aliphatic heterocycles. The minimum Gasteiger partial charge on any atom is -0.481 e. The lowest BCUT2D eigenvalue weighted by molar-refractivity contribution is -0.130. The zero-order chi connectivity index (χ0) is 25.8. The van der Waals surface area contributed by atoms with Crippen molar-refractivity contribution in [3.8, 4) is 28.9 Å². The van der Waals surface area contributed by atoms with E-state index in [2.05, 4.69) is 51.4 Å². The van der Waals surface area contributed by atoms with E-state index < -0.39 is 0 Å². The maximum absolute atomic E-state index is 12.5. The van der Waals surface area contributed by atoms with Gasteiger partial charge in [-0.15, -0.1) is 0 Å². The summed E-state index contributed by atoms with van der Waals surface area (Å²) < 4.78 is 17.3. The van der Waals surface area contributed by atoms with Gasteiger partial charge in [0.2, 0.25) is 17.7 Å². The predicted octanol–water partition coefficient (Wildman–Crippen LogP) is 4.15. The van der Waals surface area contributed by atoms with Gasteiger partial charge in [0, 0.05) is 19.6 Å². The minimum absolute atomic E-state index is 0.169. The maximum Gasteiger partial charge on any atom is 0.323 e. The Hall–Kier alpha value is -3.65. The fraction of sp³-hybridized carbons (Fsp3) is 0.414. The summed E-state index contributed by atoms with van der Waals surface area (Å²) in [6, 6.07) is 16.7. The molecule has 5 rings (SSSR count). The number of nitrogens with zero attached hydrogens (tertiary/aromatic N) is 3. The molecule has 1 atom stereocenters. The largest absolute Gasteiger partial charge is 0.481 e. The lowest BCUT2D eigenvalue weighted by Crippen LogP contribution is -2.46. The molecule has 3 heterocycles. The minimum atomic E-state index is -0.297. The number of ether oxygens (including phenoxy) is 3. The number of methoxy groups -OCH3 is 2. The quantitative estimate of drug-likeness (QED) is 0.495. The lowest BCUT2D eigenvalue weighted by atomic mass is 9.78. The van der Waals surface area contributed by atoms with Gasteiger partial charge in [-0.25, -0.2) is 0 Å². The van der Waals surface area contributed by atoms with Crippen molar-refractivity contribution in [3.05, 3.63) is 65.2 Å². The Labute approximate surface area is 218 Å². The van der Waals surface area contributed by atoms with E-state index in [9.17, 15) is 4.79 Å². The van der Waals surface area contributed by atoms with E-state index in [1.807, 2.05) is 24.3 Å². The third-order valence-corrected chi connectivity index (χ3v) is 7.59. The van der Waals surface area contributed by atoms with E-state index in [-0.39, 0.29) is 17.3 Å². The molecule has 0 bridgehead atoms. The first-order chi connectivity index (χ1) is 18.0. The molecule has 8 heteroatoms. The van der Waals surface area contributed by atoms with Gasteiger partial charge in [0.15, 0.2) is 0 Å². The average Bonchev–Trinajstić information content (AvgIpc) is 3.27.